The molecule has 2 aromatic heterocycles. The van der Waals surface area contributed by atoms with E-state index in [-0.39, 0.29) is 35.4 Å². The lowest BCUT2D eigenvalue weighted by Gasteiger charge is -2.26. The zero-order valence-corrected chi connectivity index (χ0v) is 21.0. The van der Waals surface area contributed by atoms with Gasteiger partial charge in [-0.05, 0) is 45.0 Å². The van der Waals surface area contributed by atoms with E-state index in [4.69, 9.17) is 14.4 Å². The molecular formula is C21H34IN5OS. The summed E-state index contributed by atoms with van der Waals surface area (Å²) in [5.74, 6) is 1.84. The lowest BCUT2D eigenvalue weighted by molar-refractivity contribution is 0.215. The Morgan fingerprint density at radius 1 is 1.31 bits per heavy atom. The van der Waals surface area contributed by atoms with Crippen LogP contribution in [-0.2, 0) is 12.0 Å². The summed E-state index contributed by atoms with van der Waals surface area (Å²) in [7, 11) is 0. The van der Waals surface area contributed by atoms with E-state index < -0.39 is 0 Å². The molecule has 1 aliphatic heterocycles. The van der Waals surface area contributed by atoms with Gasteiger partial charge in [0.05, 0.1) is 29.6 Å². The van der Waals surface area contributed by atoms with Gasteiger partial charge >= 0.3 is 0 Å². The summed E-state index contributed by atoms with van der Waals surface area (Å²) >= 11 is 1.71. The molecule has 1 saturated heterocycles. The standard InChI is InChI=1S/C21H33N5OS.HI/c1-5-22-20(23-13-16-15-28-19(25-16)21(2,3)4)24-14-17(18-9-8-12-27-18)26-10-6-7-11-26;/h8-9,12,15,17H,5-7,10-11,13-14H2,1-4H3,(H2,22,23,24);1H. The Balaban J connectivity index is 0.00000300. The first kappa shape index (κ1) is 24.1. The van der Waals surface area contributed by atoms with Gasteiger partial charge in [0.2, 0.25) is 0 Å². The molecule has 29 heavy (non-hydrogen) atoms. The van der Waals surface area contributed by atoms with E-state index in [0.29, 0.717) is 6.54 Å². The highest BCUT2D eigenvalue weighted by Crippen LogP contribution is 2.26. The minimum Gasteiger partial charge on any atom is -0.468 e. The number of likely N-dealkylation sites (tertiary alicyclic amines) is 1. The molecule has 1 fully saturated rings. The third kappa shape index (κ3) is 6.96. The van der Waals surface area contributed by atoms with Crippen LogP contribution < -0.4 is 10.6 Å². The van der Waals surface area contributed by atoms with Crippen molar-refractivity contribution in [2.45, 2.75) is 58.5 Å². The molecule has 6 nitrogen and oxygen atoms in total. The van der Waals surface area contributed by atoms with Crippen LogP contribution >= 0.6 is 35.3 Å². The zero-order chi connectivity index (χ0) is 20.0. The molecule has 0 radical (unpaired) electrons. The van der Waals surface area contributed by atoms with Crippen molar-refractivity contribution in [1.82, 2.24) is 20.5 Å². The number of rotatable bonds is 7. The smallest absolute Gasteiger partial charge is 0.191 e. The highest BCUT2D eigenvalue weighted by molar-refractivity contribution is 14.0. The van der Waals surface area contributed by atoms with E-state index >= 15 is 0 Å². The van der Waals surface area contributed by atoms with Gasteiger partial charge < -0.3 is 15.1 Å². The number of thiazole rings is 1. The predicted molar refractivity (Wildman–Crippen MR) is 131 cm³/mol. The van der Waals surface area contributed by atoms with Crippen LogP contribution in [0.5, 0.6) is 0 Å². The fourth-order valence-corrected chi connectivity index (χ4v) is 4.26. The molecule has 2 aromatic rings. The van der Waals surface area contributed by atoms with Crippen molar-refractivity contribution in [2.75, 3.05) is 26.2 Å². The summed E-state index contributed by atoms with van der Waals surface area (Å²) in [6.07, 6.45) is 4.27. The zero-order valence-electron chi connectivity index (χ0n) is 17.9. The fraction of sp³-hybridized carbons (Fsp3) is 0.619. The molecule has 2 N–H and O–H groups in total. The Labute approximate surface area is 195 Å². The van der Waals surface area contributed by atoms with Crippen molar-refractivity contribution in [3.63, 3.8) is 0 Å². The van der Waals surface area contributed by atoms with E-state index in [0.717, 1.165) is 48.6 Å². The summed E-state index contributed by atoms with van der Waals surface area (Å²) in [5.41, 5.74) is 1.11. The number of aromatic nitrogens is 1. The molecule has 1 atom stereocenters. The van der Waals surface area contributed by atoms with Crippen molar-refractivity contribution in [1.29, 1.82) is 0 Å². The maximum Gasteiger partial charge on any atom is 0.191 e. The van der Waals surface area contributed by atoms with E-state index in [1.807, 2.05) is 6.07 Å². The maximum atomic E-state index is 5.71. The number of nitrogens with zero attached hydrogens (tertiary/aromatic N) is 3. The van der Waals surface area contributed by atoms with Crippen LogP contribution in [0.3, 0.4) is 0 Å². The molecule has 0 aliphatic carbocycles. The summed E-state index contributed by atoms with van der Waals surface area (Å²) < 4.78 is 5.71. The quantitative estimate of drug-likeness (QED) is 0.312. The molecule has 0 saturated carbocycles. The molecule has 3 heterocycles. The Morgan fingerprint density at radius 2 is 2.07 bits per heavy atom. The summed E-state index contributed by atoms with van der Waals surface area (Å²) in [5, 5.41) is 10.1. The average Bonchev–Trinajstić information content (AvgIpc) is 3.41. The molecule has 0 amide bonds. The van der Waals surface area contributed by atoms with Crippen LogP contribution in [0.25, 0.3) is 0 Å². The third-order valence-corrected chi connectivity index (χ3v) is 6.17. The Kier molecular flexibility index (Phi) is 9.42. The Morgan fingerprint density at radius 3 is 2.66 bits per heavy atom. The maximum absolute atomic E-state index is 5.71. The second-order valence-electron chi connectivity index (χ2n) is 8.24. The number of aliphatic imine (C=N–C) groups is 1. The van der Waals surface area contributed by atoms with Crippen LogP contribution in [-0.4, -0.2) is 42.0 Å². The largest absolute Gasteiger partial charge is 0.468 e. The van der Waals surface area contributed by atoms with E-state index in [1.54, 1.807) is 17.6 Å². The number of hydrogen-bond donors (Lipinski definition) is 2. The van der Waals surface area contributed by atoms with Gasteiger partial charge in [0.1, 0.15) is 5.76 Å². The molecular weight excluding hydrogens is 497 g/mol. The van der Waals surface area contributed by atoms with Gasteiger partial charge in [0, 0.05) is 23.9 Å². The summed E-state index contributed by atoms with van der Waals surface area (Å²) in [4.78, 5) is 12.0. The van der Waals surface area contributed by atoms with Crippen molar-refractivity contribution >= 4 is 41.3 Å². The minimum absolute atomic E-state index is 0. The third-order valence-electron chi connectivity index (χ3n) is 4.85. The van der Waals surface area contributed by atoms with Gasteiger partial charge in [-0.3, -0.25) is 4.90 Å². The summed E-state index contributed by atoms with van der Waals surface area (Å²) in [6, 6.07) is 4.26. The topological polar surface area (TPSA) is 65.7 Å². The lowest BCUT2D eigenvalue weighted by Crippen LogP contribution is -2.42. The van der Waals surface area contributed by atoms with E-state index in [9.17, 15) is 0 Å². The van der Waals surface area contributed by atoms with E-state index in [1.165, 1.54) is 12.8 Å². The number of guanidine groups is 1. The molecule has 1 unspecified atom stereocenters. The van der Waals surface area contributed by atoms with Crippen molar-refractivity contribution in [3.05, 3.63) is 40.2 Å². The van der Waals surface area contributed by atoms with Gasteiger partial charge in [-0.15, -0.1) is 35.3 Å². The van der Waals surface area contributed by atoms with Gasteiger partial charge in [0.15, 0.2) is 5.96 Å². The molecule has 162 valence electrons. The summed E-state index contributed by atoms with van der Waals surface area (Å²) in [6.45, 7) is 13.1. The molecule has 0 spiro atoms. The Hall–Kier alpha value is -1.13. The number of furan rings is 1. The normalized spacial score (nSPS) is 16.5. The van der Waals surface area contributed by atoms with Crippen LogP contribution in [0.15, 0.2) is 33.2 Å². The minimum atomic E-state index is 0. The number of halogens is 1. The number of nitrogens with one attached hydrogen (secondary N) is 2. The molecule has 1 aliphatic rings. The van der Waals surface area contributed by atoms with Gasteiger partial charge in [-0.25, -0.2) is 9.98 Å². The second kappa shape index (κ2) is 11.3. The number of hydrogen-bond acceptors (Lipinski definition) is 5. The van der Waals surface area contributed by atoms with Crippen molar-refractivity contribution in [2.24, 2.45) is 4.99 Å². The Bertz CT molecular complexity index is 747. The van der Waals surface area contributed by atoms with Gasteiger partial charge in [0.25, 0.3) is 0 Å². The first-order valence-electron chi connectivity index (χ1n) is 10.2. The van der Waals surface area contributed by atoms with Gasteiger partial charge in [-0.2, -0.15) is 0 Å². The average molecular weight is 532 g/mol. The first-order valence-corrected chi connectivity index (χ1v) is 11.1. The monoisotopic (exact) mass is 531 g/mol. The lowest BCUT2D eigenvalue weighted by atomic mass is 9.98. The molecule has 3 rings (SSSR count). The van der Waals surface area contributed by atoms with Crippen molar-refractivity contribution in [3.8, 4) is 0 Å². The highest BCUT2D eigenvalue weighted by Gasteiger charge is 2.25. The highest BCUT2D eigenvalue weighted by atomic mass is 127. The molecule has 8 heteroatoms. The second-order valence-corrected chi connectivity index (χ2v) is 9.10. The van der Waals surface area contributed by atoms with Crippen LogP contribution in [0.4, 0.5) is 0 Å². The van der Waals surface area contributed by atoms with Crippen LogP contribution in [0.1, 0.15) is 63.0 Å². The predicted octanol–water partition coefficient (Wildman–Crippen LogP) is 4.54. The fourth-order valence-electron chi connectivity index (χ4n) is 3.36. The first-order chi connectivity index (χ1) is 13.5. The van der Waals surface area contributed by atoms with Crippen molar-refractivity contribution < 1.29 is 4.42 Å². The van der Waals surface area contributed by atoms with Crippen LogP contribution in [0, 0.1) is 0 Å². The SMILES string of the molecule is CCNC(=NCc1csc(C(C)(C)C)n1)NCC(c1ccco1)N1CCCC1.I. The molecule has 0 aromatic carbocycles. The van der Waals surface area contributed by atoms with E-state index in [2.05, 4.69) is 54.7 Å². The molecule has 0 bridgehead atoms. The van der Waals surface area contributed by atoms with Crippen LogP contribution in [0.2, 0.25) is 0 Å². The van der Waals surface area contributed by atoms with Gasteiger partial charge in [-0.1, -0.05) is 20.8 Å².